The molecule has 21 heavy (non-hydrogen) atoms. The molecule has 2 aromatic rings. The lowest BCUT2D eigenvalue weighted by Gasteiger charge is -2.18. The molecule has 1 heterocycles. The Morgan fingerprint density at radius 2 is 1.71 bits per heavy atom. The Labute approximate surface area is 145 Å². The van der Waals surface area contributed by atoms with E-state index in [1.807, 2.05) is 12.1 Å². The third kappa shape index (κ3) is 3.22. The van der Waals surface area contributed by atoms with Gasteiger partial charge >= 0.3 is 0 Å². The first-order chi connectivity index (χ1) is 10.0. The highest BCUT2D eigenvalue weighted by Crippen LogP contribution is 2.48. The van der Waals surface area contributed by atoms with Crippen LogP contribution >= 0.6 is 43.2 Å². The Morgan fingerprint density at radius 1 is 1.05 bits per heavy atom. The number of alkyl halides is 1. The number of aryl methyl sites for hydroxylation is 1. The largest absolute Gasteiger partial charge is 0.493 e. The molecule has 2 rings (SSSR count). The van der Waals surface area contributed by atoms with Crippen LogP contribution in [0.15, 0.2) is 22.7 Å². The van der Waals surface area contributed by atoms with Crippen molar-refractivity contribution in [2.75, 3.05) is 21.3 Å². The summed E-state index contributed by atoms with van der Waals surface area (Å²) in [6.07, 6.45) is 0. The summed E-state index contributed by atoms with van der Waals surface area (Å²) in [4.78, 5) is 2.46. The Balaban J connectivity index is 2.55. The number of hydrogen-bond donors (Lipinski definition) is 0. The van der Waals surface area contributed by atoms with Crippen LogP contribution in [0.5, 0.6) is 17.2 Å². The van der Waals surface area contributed by atoms with E-state index in [9.17, 15) is 0 Å². The number of methoxy groups -OCH3 is 3. The fourth-order valence-electron chi connectivity index (χ4n) is 2.14. The molecule has 1 unspecified atom stereocenters. The smallest absolute Gasteiger partial charge is 0.203 e. The molecule has 1 aromatic heterocycles. The standard InChI is InChI=1S/C15H16Br2O3S/c1-8-7-10(16)15(21-8)12(17)9-5-6-11(18-2)14(20-4)13(9)19-3/h5-7,12H,1-4H3. The van der Waals surface area contributed by atoms with Crippen molar-refractivity contribution in [3.63, 3.8) is 0 Å². The molecule has 114 valence electrons. The SMILES string of the molecule is COc1ccc(C(Br)c2sc(C)cc2Br)c(OC)c1OC. The number of hydrogen-bond acceptors (Lipinski definition) is 4. The van der Waals surface area contributed by atoms with E-state index >= 15 is 0 Å². The maximum atomic E-state index is 5.55. The summed E-state index contributed by atoms with van der Waals surface area (Å²) in [5, 5.41) is 0. The van der Waals surface area contributed by atoms with Crippen molar-refractivity contribution in [2.45, 2.75) is 11.8 Å². The number of thiophene rings is 1. The van der Waals surface area contributed by atoms with Crippen molar-refractivity contribution < 1.29 is 14.2 Å². The fraction of sp³-hybridized carbons (Fsp3) is 0.333. The molecule has 0 amide bonds. The van der Waals surface area contributed by atoms with Gasteiger partial charge in [-0.05, 0) is 41.1 Å². The van der Waals surface area contributed by atoms with Gasteiger partial charge in [-0.1, -0.05) is 15.9 Å². The van der Waals surface area contributed by atoms with Gasteiger partial charge in [-0.2, -0.15) is 0 Å². The molecule has 1 aromatic carbocycles. The minimum Gasteiger partial charge on any atom is -0.493 e. The van der Waals surface area contributed by atoms with E-state index in [0.29, 0.717) is 17.2 Å². The van der Waals surface area contributed by atoms with Gasteiger partial charge in [0.25, 0.3) is 0 Å². The van der Waals surface area contributed by atoms with Crippen LogP contribution in [0.4, 0.5) is 0 Å². The minimum absolute atomic E-state index is 0.0142. The van der Waals surface area contributed by atoms with Gasteiger partial charge < -0.3 is 14.2 Å². The van der Waals surface area contributed by atoms with Crippen LogP contribution in [0.25, 0.3) is 0 Å². The van der Waals surface area contributed by atoms with Crippen molar-refractivity contribution in [1.82, 2.24) is 0 Å². The van der Waals surface area contributed by atoms with Crippen molar-refractivity contribution in [3.8, 4) is 17.2 Å². The van der Waals surface area contributed by atoms with Gasteiger partial charge in [-0.15, -0.1) is 11.3 Å². The van der Waals surface area contributed by atoms with Crippen molar-refractivity contribution in [2.24, 2.45) is 0 Å². The van der Waals surface area contributed by atoms with Gasteiger partial charge in [0.05, 0.1) is 26.2 Å². The number of rotatable bonds is 5. The molecule has 0 aliphatic rings. The van der Waals surface area contributed by atoms with Gasteiger partial charge in [-0.25, -0.2) is 0 Å². The summed E-state index contributed by atoms with van der Waals surface area (Å²) in [5.74, 6) is 1.93. The Morgan fingerprint density at radius 3 is 2.19 bits per heavy atom. The average Bonchev–Trinajstić information content (AvgIpc) is 2.83. The average molecular weight is 436 g/mol. The molecule has 0 spiro atoms. The third-order valence-corrected chi connectivity index (χ3v) is 6.36. The second-order valence-electron chi connectivity index (χ2n) is 4.36. The van der Waals surface area contributed by atoms with Crippen molar-refractivity contribution in [3.05, 3.63) is 38.0 Å². The van der Waals surface area contributed by atoms with Gasteiger partial charge in [0.2, 0.25) is 5.75 Å². The maximum absolute atomic E-state index is 5.55. The fourth-order valence-corrected chi connectivity index (χ4v) is 5.21. The van der Waals surface area contributed by atoms with Gasteiger partial charge in [0, 0.05) is 19.8 Å². The molecule has 0 N–H and O–H groups in total. The first kappa shape index (κ1) is 16.6. The predicted octanol–water partition coefficient (Wildman–Crippen LogP) is 5.33. The molecule has 6 heteroatoms. The molecule has 0 aliphatic heterocycles. The zero-order chi connectivity index (χ0) is 15.6. The zero-order valence-electron chi connectivity index (χ0n) is 12.2. The van der Waals surface area contributed by atoms with E-state index < -0.39 is 0 Å². The summed E-state index contributed by atoms with van der Waals surface area (Å²) in [5.41, 5.74) is 0.998. The number of ether oxygens (including phenoxy) is 3. The normalized spacial score (nSPS) is 12.1. The van der Waals surface area contributed by atoms with E-state index in [4.69, 9.17) is 14.2 Å². The van der Waals surface area contributed by atoms with Crippen molar-refractivity contribution in [1.29, 1.82) is 0 Å². The summed E-state index contributed by atoms with van der Waals surface area (Å²) >= 11 is 9.11. The highest BCUT2D eigenvalue weighted by molar-refractivity contribution is 9.11. The van der Waals surface area contributed by atoms with E-state index in [0.717, 1.165) is 10.0 Å². The van der Waals surface area contributed by atoms with E-state index in [1.54, 1.807) is 32.7 Å². The second-order valence-corrected chi connectivity index (χ2v) is 7.41. The van der Waals surface area contributed by atoms with Crippen LogP contribution in [0.2, 0.25) is 0 Å². The van der Waals surface area contributed by atoms with Crippen LogP contribution in [0.3, 0.4) is 0 Å². The Bertz CT molecular complexity index is 640. The third-order valence-electron chi connectivity index (χ3n) is 3.07. The van der Waals surface area contributed by atoms with Gasteiger partial charge in [0.1, 0.15) is 0 Å². The molecule has 3 nitrogen and oxygen atoms in total. The van der Waals surface area contributed by atoms with Crippen LogP contribution in [0.1, 0.15) is 20.1 Å². The molecule has 1 atom stereocenters. The quantitative estimate of drug-likeness (QED) is 0.594. The summed E-state index contributed by atoms with van der Waals surface area (Å²) < 4.78 is 17.4. The molecular formula is C15H16Br2O3S. The van der Waals surface area contributed by atoms with E-state index in [1.165, 1.54) is 9.75 Å². The monoisotopic (exact) mass is 434 g/mol. The summed E-state index contributed by atoms with van der Waals surface area (Å²) in [6, 6.07) is 5.99. The Hall–Kier alpha value is -0.720. The summed E-state index contributed by atoms with van der Waals surface area (Å²) in [7, 11) is 4.86. The molecule has 0 bridgehead atoms. The topological polar surface area (TPSA) is 27.7 Å². The highest BCUT2D eigenvalue weighted by Gasteiger charge is 2.24. The van der Waals surface area contributed by atoms with Crippen LogP contribution in [-0.4, -0.2) is 21.3 Å². The van der Waals surface area contributed by atoms with Crippen LogP contribution < -0.4 is 14.2 Å². The minimum atomic E-state index is 0.0142. The molecule has 0 aliphatic carbocycles. The van der Waals surface area contributed by atoms with Gasteiger partial charge in [-0.3, -0.25) is 0 Å². The summed E-state index contributed by atoms with van der Waals surface area (Å²) in [6.45, 7) is 2.09. The lowest BCUT2D eigenvalue weighted by molar-refractivity contribution is 0.322. The van der Waals surface area contributed by atoms with Gasteiger partial charge in [0.15, 0.2) is 11.5 Å². The molecule has 0 saturated heterocycles. The molecule has 0 radical (unpaired) electrons. The maximum Gasteiger partial charge on any atom is 0.203 e. The number of benzene rings is 1. The lowest BCUT2D eigenvalue weighted by Crippen LogP contribution is -2.01. The Kier molecular flexibility index (Phi) is 5.57. The lowest BCUT2D eigenvalue weighted by atomic mass is 10.1. The van der Waals surface area contributed by atoms with Crippen molar-refractivity contribution >= 4 is 43.2 Å². The highest BCUT2D eigenvalue weighted by atomic mass is 79.9. The number of halogens is 2. The predicted molar refractivity (Wildman–Crippen MR) is 93.6 cm³/mol. The molecule has 0 fully saturated rings. The molecule has 0 saturated carbocycles. The van der Waals surface area contributed by atoms with Crippen LogP contribution in [-0.2, 0) is 0 Å². The molecular weight excluding hydrogens is 420 g/mol. The first-order valence-electron chi connectivity index (χ1n) is 6.22. The van der Waals surface area contributed by atoms with Crippen LogP contribution in [0, 0.1) is 6.92 Å². The first-order valence-corrected chi connectivity index (χ1v) is 8.74. The van der Waals surface area contributed by atoms with E-state index in [-0.39, 0.29) is 4.83 Å². The van der Waals surface area contributed by atoms with E-state index in [2.05, 4.69) is 44.8 Å². The second kappa shape index (κ2) is 7.03. The zero-order valence-corrected chi connectivity index (χ0v) is 16.2.